The van der Waals surface area contributed by atoms with E-state index >= 15 is 0 Å². The fourth-order valence-corrected chi connectivity index (χ4v) is 2.21. The van der Waals surface area contributed by atoms with Crippen molar-refractivity contribution in [1.29, 1.82) is 0 Å². The first-order chi connectivity index (χ1) is 10.3. The molecule has 0 aliphatic carbocycles. The fraction of sp³-hybridized carbons (Fsp3) is 0.375. The van der Waals surface area contributed by atoms with Crippen LogP contribution in [0.1, 0.15) is 31.7 Å². The molecular formula is C16H23N5. The molecule has 5 heteroatoms. The molecule has 21 heavy (non-hydrogen) atoms. The Hall–Kier alpha value is -2.14. The summed E-state index contributed by atoms with van der Waals surface area (Å²) in [5.74, 6) is 7.92. The van der Waals surface area contributed by atoms with Crippen LogP contribution in [0.2, 0.25) is 0 Å². The normalized spacial score (nSPS) is 10.4. The minimum absolute atomic E-state index is 0.662. The van der Waals surface area contributed by atoms with Gasteiger partial charge in [0.15, 0.2) is 0 Å². The highest BCUT2D eigenvalue weighted by Crippen LogP contribution is 2.18. The number of rotatable bonds is 7. The number of nitrogen functional groups attached to an aromatic ring is 1. The van der Waals surface area contributed by atoms with E-state index in [1.54, 1.807) is 0 Å². The summed E-state index contributed by atoms with van der Waals surface area (Å²) in [4.78, 5) is 11.3. The second-order valence-electron chi connectivity index (χ2n) is 4.92. The number of aryl methyl sites for hydroxylation is 1. The van der Waals surface area contributed by atoms with Crippen molar-refractivity contribution >= 4 is 11.6 Å². The van der Waals surface area contributed by atoms with E-state index in [2.05, 4.69) is 58.4 Å². The molecule has 0 radical (unpaired) electrons. The minimum atomic E-state index is 0.662. The zero-order valence-electron chi connectivity index (χ0n) is 12.7. The van der Waals surface area contributed by atoms with Gasteiger partial charge in [-0.15, -0.1) is 0 Å². The molecule has 0 saturated carbocycles. The van der Waals surface area contributed by atoms with Gasteiger partial charge in [0, 0.05) is 25.6 Å². The summed E-state index contributed by atoms with van der Waals surface area (Å²) in [5, 5.41) is 0. The second kappa shape index (κ2) is 7.59. The van der Waals surface area contributed by atoms with Crippen LogP contribution < -0.4 is 16.2 Å². The molecule has 1 heterocycles. The van der Waals surface area contributed by atoms with Gasteiger partial charge in [-0.3, -0.25) is 0 Å². The largest absolute Gasteiger partial charge is 0.352 e. The maximum absolute atomic E-state index is 5.52. The van der Waals surface area contributed by atoms with Gasteiger partial charge in [-0.1, -0.05) is 37.3 Å². The first-order valence-electron chi connectivity index (χ1n) is 7.40. The van der Waals surface area contributed by atoms with E-state index in [-0.39, 0.29) is 0 Å². The molecule has 1 aromatic heterocycles. The SMILES string of the molecule is CCCc1nc(NN)cc(N(CC)Cc2ccccc2)n1. The molecule has 0 fully saturated rings. The summed E-state index contributed by atoms with van der Waals surface area (Å²) >= 11 is 0. The molecule has 0 saturated heterocycles. The Morgan fingerprint density at radius 1 is 1.14 bits per heavy atom. The third kappa shape index (κ3) is 4.16. The maximum Gasteiger partial charge on any atom is 0.145 e. The van der Waals surface area contributed by atoms with Gasteiger partial charge in [-0.05, 0) is 18.9 Å². The van der Waals surface area contributed by atoms with Crippen LogP contribution in [0.25, 0.3) is 0 Å². The Labute approximate surface area is 126 Å². The van der Waals surface area contributed by atoms with Crippen molar-refractivity contribution in [3.8, 4) is 0 Å². The van der Waals surface area contributed by atoms with Crippen LogP contribution in [-0.4, -0.2) is 16.5 Å². The number of aromatic nitrogens is 2. The monoisotopic (exact) mass is 285 g/mol. The summed E-state index contributed by atoms with van der Waals surface area (Å²) in [7, 11) is 0. The summed E-state index contributed by atoms with van der Waals surface area (Å²) in [6.07, 6.45) is 1.86. The Kier molecular flexibility index (Phi) is 5.51. The number of hydrogen-bond acceptors (Lipinski definition) is 5. The van der Waals surface area contributed by atoms with Gasteiger partial charge in [-0.25, -0.2) is 15.8 Å². The van der Waals surface area contributed by atoms with Crippen LogP contribution in [0.3, 0.4) is 0 Å². The van der Waals surface area contributed by atoms with E-state index in [4.69, 9.17) is 5.84 Å². The highest BCUT2D eigenvalue weighted by molar-refractivity contribution is 5.49. The third-order valence-electron chi connectivity index (χ3n) is 3.30. The molecule has 2 aromatic rings. The maximum atomic E-state index is 5.52. The molecule has 0 bridgehead atoms. The standard InChI is InChI=1S/C16H23N5/c1-3-8-14-18-15(20-17)11-16(19-14)21(4-2)12-13-9-6-5-7-10-13/h5-7,9-11H,3-4,8,12,17H2,1-2H3,(H,18,19,20). The average Bonchev–Trinajstić information content (AvgIpc) is 2.53. The molecule has 5 nitrogen and oxygen atoms in total. The van der Waals surface area contributed by atoms with Crippen LogP contribution in [0.15, 0.2) is 36.4 Å². The number of anilines is 2. The average molecular weight is 285 g/mol. The van der Waals surface area contributed by atoms with Crippen LogP contribution in [0.5, 0.6) is 0 Å². The van der Waals surface area contributed by atoms with Gasteiger partial charge in [0.2, 0.25) is 0 Å². The number of benzene rings is 1. The second-order valence-corrected chi connectivity index (χ2v) is 4.92. The summed E-state index contributed by atoms with van der Waals surface area (Å²) in [6.45, 7) is 5.94. The number of hydrogen-bond donors (Lipinski definition) is 2. The van der Waals surface area contributed by atoms with Gasteiger partial charge >= 0.3 is 0 Å². The third-order valence-corrected chi connectivity index (χ3v) is 3.30. The minimum Gasteiger partial charge on any atom is -0.352 e. The van der Waals surface area contributed by atoms with Gasteiger partial charge in [-0.2, -0.15) is 0 Å². The van der Waals surface area contributed by atoms with Crippen LogP contribution in [0.4, 0.5) is 11.6 Å². The topological polar surface area (TPSA) is 67.1 Å². The van der Waals surface area contributed by atoms with Crippen molar-refractivity contribution < 1.29 is 0 Å². The molecule has 0 aliphatic rings. The van der Waals surface area contributed by atoms with E-state index < -0.39 is 0 Å². The van der Waals surface area contributed by atoms with Crippen LogP contribution in [0, 0.1) is 0 Å². The van der Waals surface area contributed by atoms with Crippen molar-refractivity contribution in [1.82, 2.24) is 9.97 Å². The lowest BCUT2D eigenvalue weighted by molar-refractivity contribution is 0.780. The lowest BCUT2D eigenvalue weighted by Gasteiger charge is -2.23. The van der Waals surface area contributed by atoms with E-state index in [1.165, 1.54) is 5.56 Å². The molecule has 1 aromatic carbocycles. The predicted molar refractivity (Wildman–Crippen MR) is 87.0 cm³/mol. The van der Waals surface area contributed by atoms with Gasteiger partial charge in [0.1, 0.15) is 17.5 Å². The highest BCUT2D eigenvalue weighted by Gasteiger charge is 2.10. The Morgan fingerprint density at radius 2 is 1.90 bits per heavy atom. The van der Waals surface area contributed by atoms with Gasteiger partial charge in [0.25, 0.3) is 0 Å². The summed E-state index contributed by atoms with van der Waals surface area (Å²) < 4.78 is 0. The molecule has 0 aliphatic heterocycles. The lowest BCUT2D eigenvalue weighted by Crippen LogP contribution is -2.24. The lowest BCUT2D eigenvalue weighted by atomic mass is 10.2. The van der Waals surface area contributed by atoms with Gasteiger partial charge < -0.3 is 10.3 Å². The van der Waals surface area contributed by atoms with Crippen molar-refractivity contribution in [3.63, 3.8) is 0 Å². The smallest absolute Gasteiger partial charge is 0.145 e. The quantitative estimate of drug-likeness (QED) is 0.605. The number of hydrazine groups is 1. The van der Waals surface area contributed by atoms with E-state index in [0.717, 1.165) is 37.6 Å². The highest BCUT2D eigenvalue weighted by atomic mass is 15.3. The first-order valence-corrected chi connectivity index (χ1v) is 7.40. The molecule has 0 atom stereocenters. The first kappa shape index (κ1) is 15.3. The molecule has 3 N–H and O–H groups in total. The Balaban J connectivity index is 2.26. The molecule has 0 unspecified atom stereocenters. The molecule has 0 amide bonds. The molecule has 0 spiro atoms. The predicted octanol–water partition coefficient (Wildman–Crippen LogP) is 2.74. The van der Waals surface area contributed by atoms with E-state index in [1.807, 2.05) is 12.1 Å². The Bertz CT molecular complexity index is 556. The zero-order valence-corrected chi connectivity index (χ0v) is 12.7. The summed E-state index contributed by atoms with van der Waals surface area (Å²) in [6, 6.07) is 12.3. The van der Waals surface area contributed by atoms with Crippen LogP contribution >= 0.6 is 0 Å². The van der Waals surface area contributed by atoms with E-state index in [0.29, 0.717) is 5.82 Å². The van der Waals surface area contributed by atoms with Crippen molar-refractivity contribution in [2.75, 3.05) is 16.9 Å². The van der Waals surface area contributed by atoms with Crippen molar-refractivity contribution in [3.05, 3.63) is 47.8 Å². The molecular weight excluding hydrogens is 262 g/mol. The zero-order chi connectivity index (χ0) is 15.1. The van der Waals surface area contributed by atoms with Gasteiger partial charge in [0.05, 0.1) is 0 Å². The van der Waals surface area contributed by atoms with E-state index in [9.17, 15) is 0 Å². The van der Waals surface area contributed by atoms with Crippen molar-refractivity contribution in [2.24, 2.45) is 5.84 Å². The Morgan fingerprint density at radius 3 is 2.52 bits per heavy atom. The fourth-order valence-electron chi connectivity index (χ4n) is 2.21. The number of nitrogens with one attached hydrogen (secondary N) is 1. The number of nitrogens with zero attached hydrogens (tertiary/aromatic N) is 3. The summed E-state index contributed by atoms with van der Waals surface area (Å²) in [5.41, 5.74) is 3.89. The van der Waals surface area contributed by atoms with Crippen molar-refractivity contribution in [2.45, 2.75) is 33.2 Å². The van der Waals surface area contributed by atoms with Crippen LogP contribution in [-0.2, 0) is 13.0 Å². The number of nitrogens with two attached hydrogens (primary N) is 1. The molecule has 2 rings (SSSR count). The molecule has 112 valence electrons.